The molecule has 288 valence electrons. The molecule has 0 bridgehead atoms. The second kappa shape index (κ2) is 16.4. The number of pyridine rings is 1. The quantitative estimate of drug-likeness (QED) is 0.0907. The molecule has 0 N–H and O–H groups in total. The summed E-state index contributed by atoms with van der Waals surface area (Å²) < 4.78 is 96.7. The highest BCUT2D eigenvalue weighted by Gasteiger charge is 2.32. The number of rotatable bonds is 11. The van der Waals surface area contributed by atoms with Crippen molar-refractivity contribution in [1.29, 1.82) is 0 Å². The predicted octanol–water partition coefficient (Wildman–Crippen LogP) is 7.07. The number of halogens is 4. The van der Waals surface area contributed by atoms with Crippen LogP contribution in [0.3, 0.4) is 0 Å². The molecule has 54 heavy (non-hydrogen) atoms. The van der Waals surface area contributed by atoms with Crippen LogP contribution in [0.25, 0.3) is 22.0 Å². The molecule has 1 unspecified atom stereocenters. The zero-order valence-electron chi connectivity index (χ0n) is 30.4. The van der Waals surface area contributed by atoms with Crippen LogP contribution in [-0.4, -0.2) is 97.8 Å². The average Bonchev–Trinajstić information content (AvgIpc) is 3.47. The third kappa shape index (κ3) is 9.54. The first-order valence-electron chi connectivity index (χ1n) is 17.8. The molecule has 2 aliphatic rings. The van der Waals surface area contributed by atoms with E-state index in [0.29, 0.717) is 37.2 Å². The SMILES string of the molecule is CN(C)C(=O)/C=C/CN1CCC[C@@H](Oc2ccc(/C(=C(/CC(F)(F)F)c3ccc(S(C)(=O)=O)cc3)c3ccc4c(c3)c(F)nn4C3CCCCO3)cn2)C1. The normalized spacial score (nSPS) is 19.2. The molecule has 1 amide bonds. The topological polar surface area (TPSA) is 107 Å². The summed E-state index contributed by atoms with van der Waals surface area (Å²) in [6.07, 6.45) is 3.19. The van der Waals surface area contributed by atoms with Gasteiger partial charge < -0.3 is 14.4 Å². The molecule has 6 rings (SSSR count). The maximum atomic E-state index is 15.5. The second-order valence-corrected chi connectivity index (χ2v) is 15.9. The highest BCUT2D eigenvalue weighted by atomic mass is 32.2. The van der Waals surface area contributed by atoms with Crippen molar-refractivity contribution in [3.63, 3.8) is 0 Å². The fraction of sp³-hybridized carbons (Fsp3) is 0.410. The van der Waals surface area contributed by atoms with Crippen LogP contribution in [-0.2, 0) is 19.4 Å². The van der Waals surface area contributed by atoms with E-state index in [4.69, 9.17) is 9.47 Å². The molecule has 0 spiro atoms. The van der Waals surface area contributed by atoms with Crippen LogP contribution < -0.4 is 4.74 Å². The van der Waals surface area contributed by atoms with Gasteiger partial charge in [-0.25, -0.2) is 18.1 Å². The average molecular weight is 770 g/mol. The molecule has 2 atom stereocenters. The molecule has 2 aromatic carbocycles. The highest BCUT2D eigenvalue weighted by molar-refractivity contribution is 7.90. The first-order valence-corrected chi connectivity index (χ1v) is 19.7. The third-order valence-electron chi connectivity index (χ3n) is 9.53. The van der Waals surface area contributed by atoms with Gasteiger partial charge in [0.1, 0.15) is 6.10 Å². The van der Waals surface area contributed by atoms with Crippen molar-refractivity contribution in [2.24, 2.45) is 0 Å². The molecule has 4 heterocycles. The van der Waals surface area contributed by atoms with Gasteiger partial charge in [-0.3, -0.25) is 9.69 Å². The molecule has 0 radical (unpaired) electrons. The first-order chi connectivity index (χ1) is 25.7. The number of fused-ring (bicyclic) bond motifs is 1. The van der Waals surface area contributed by atoms with Gasteiger partial charge in [0.2, 0.25) is 17.7 Å². The van der Waals surface area contributed by atoms with Gasteiger partial charge in [0, 0.05) is 64.0 Å². The van der Waals surface area contributed by atoms with E-state index in [1.165, 1.54) is 52.2 Å². The van der Waals surface area contributed by atoms with Crippen LogP contribution in [0, 0.1) is 5.95 Å². The molecule has 4 aromatic rings. The number of carbonyl (C=O) groups excluding carboxylic acids is 1. The summed E-state index contributed by atoms with van der Waals surface area (Å²) >= 11 is 0. The molecule has 2 fully saturated rings. The standard InChI is InChI=1S/C39H43F4N5O5S/c1-46(2)35(49)9-7-20-47-19-6-8-29(25-47)53-34-18-14-28(24-44-34)37(32(23-39(41,42)43)26-11-15-30(16-12-26)54(3,50)51)27-13-17-33-31(22-27)38(40)45-48(33)36-10-4-5-21-52-36/h7,9,11-18,22,24,29,36H,4-6,8,10,19-21,23,25H2,1-3H3/b9-7+,37-32-/t29-,36?/m1/s1. The highest BCUT2D eigenvalue weighted by Crippen LogP contribution is 2.41. The monoisotopic (exact) mass is 769 g/mol. The number of ether oxygens (including phenoxy) is 2. The Hall–Kier alpha value is -4.60. The summed E-state index contributed by atoms with van der Waals surface area (Å²) in [6, 6.07) is 13.2. The van der Waals surface area contributed by atoms with Crippen molar-refractivity contribution in [1.82, 2.24) is 24.6 Å². The van der Waals surface area contributed by atoms with Crippen LogP contribution in [0.5, 0.6) is 5.88 Å². The number of likely N-dealkylation sites (N-methyl/N-ethyl adjacent to an activating group) is 1. The fourth-order valence-electron chi connectivity index (χ4n) is 6.84. The molecule has 2 aliphatic heterocycles. The van der Waals surface area contributed by atoms with E-state index in [-0.39, 0.29) is 50.4 Å². The van der Waals surface area contributed by atoms with E-state index >= 15 is 4.39 Å². The van der Waals surface area contributed by atoms with Crippen LogP contribution >= 0.6 is 0 Å². The molecule has 10 nitrogen and oxygen atoms in total. The number of likely N-dealkylation sites (tertiary alicyclic amines) is 1. The Morgan fingerprint density at radius 3 is 2.41 bits per heavy atom. The molecular weight excluding hydrogens is 727 g/mol. The molecule has 0 aliphatic carbocycles. The molecule has 2 aromatic heterocycles. The number of benzene rings is 2. The minimum Gasteiger partial charge on any atom is -0.473 e. The van der Waals surface area contributed by atoms with Gasteiger partial charge in [0.15, 0.2) is 16.1 Å². The maximum Gasteiger partial charge on any atom is 0.393 e. The van der Waals surface area contributed by atoms with E-state index in [1.807, 2.05) is 6.08 Å². The number of piperidine rings is 1. The number of hydrogen-bond acceptors (Lipinski definition) is 8. The second-order valence-electron chi connectivity index (χ2n) is 13.9. The van der Waals surface area contributed by atoms with Gasteiger partial charge >= 0.3 is 6.18 Å². The molecule has 2 saturated heterocycles. The van der Waals surface area contributed by atoms with Crippen molar-refractivity contribution in [2.75, 3.05) is 46.6 Å². The van der Waals surface area contributed by atoms with E-state index in [1.54, 1.807) is 38.4 Å². The summed E-state index contributed by atoms with van der Waals surface area (Å²) in [5.41, 5.74) is 1.19. The van der Waals surface area contributed by atoms with Gasteiger partial charge in [0.25, 0.3) is 0 Å². The minimum atomic E-state index is -4.66. The fourth-order valence-corrected chi connectivity index (χ4v) is 7.47. The predicted molar refractivity (Wildman–Crippen MR) is 197 cm³/mol. The lowest BCUT2D eigenvalue weighted by Gasteiger charge is -2.31. The number of hydrogen-bond donors (Lipinski definition) is 0. The lowest BCUT2D eigenvalue weighted by molar-refractivity contribution is -0.124. The number of nitrogens with zero attached hydrogens (tertiary/aromatic N) is 5. The van der Waals surface area contributed by atoms with E-state index in [2.05, 4.69) is 15.0 Å². The van der Waals surface area contributed by atoms with E-state index < -0.39 is 34.6 Å². The zero-order chi connectivity index (χ0) is 38.6. The third-order valence-corrected chi connectivity index (χ3v) is 10.7. The van der Waals surface area contributed by atoms with Gasteiger partial charge in [-0.1, -0.05) is 24.3 Å². The van der Waals surface area contributed by atoms with Crippen molar-refractivity contribution >= 4 is 37.8 Å². The number of amides is 1. The Bertz CT molecular complexity index is 2130. The van der Waals surface area contributed by atoms with Crippen molar-refractivity contribution in [3.8, 4) is 5.88 Å². The van der Waals surface area contributed by atoms with E-state index in [0.717, 1.165) is 38.5 Å². The minimum absolute atomic E-state index is 0.0393. The number of aromatic nitrogens is 3. The lowest BCUT2D eigenvalue weighted by Crippen LogP contribution is -2.41. The van der Waals surface area contributed by atoms with Crippen LogP contribution in [0.1, 0.15) is 61.4 Å². The maximum absolute atomic E-state index is 15.5. The Labute approximate surface area is 312 Å². The number of sulfone groups is 1. The Kier molecular flexibility index (Phi) is 11.9. The summed E-state index contributed by atoms with van der Waals surface area (Å²) in [5.74, 6) is -0.595. The Balaban J connectivity index is 1.38. The summed E-state index contributed by atoms with van der Waals surface area (Å²) in [7, 11) is -0.247. The number of carbonyl (C=O) groups is 1. The summed E-state index contributed by atoms with van der Waals surface area (Å²) in [4.78, 5) is 20.0. The number of alkyl halides is 3. The van der Waals surface area contributed by atoms with Crippen molar-refractivity contribution in [2.45, 2.75) is 61.9 Å². The number of allylic oxidation sites excluding steroid dienone is 1. The Morgan fingerprint density at radius 1 is 1.02 bits per heavy atom. The molecule has 15 heteroatoms. The van der Waals surface area contributed by atoms with Crippen molar-refractivity contribution < 1.29 is 40.2 Å². The first kappa shape index (κ1) is 39.1. The molecular formula is C39H43F4N5O5S. The van der Waals surface area contributed by atoms with Crippen LogP contribution in [0.4, 0.5) is 17.6 Å². The lowest BCUT2D eigenvalue weighted by atomic mass is 9.88. The summed E-state index contributed by atoms with van der Waals surface area (Å²) in [5, 5.41) is 4.22. The van der Waals surface area contributed by atoms with Crippen LogP contribution in [0.2, 0.25) is 0 Å². The zero-order valence-corrected chi connectivity index (χ0v) is 31.2. The van der Waals surface area contributed by atoms with Crippen LogP contribution in [0.15, 0.2) is 77.8 Å². The van der Waals surface area contributed by atoms with Gasteiger partial charge in [-0.05, 0) is 91.3 Å². The van der Waals surface area contributed by atoms with Gasteiger partial charge in [-0.2, -0.15) is 17.6 Å². The molecule has 0 saturated carbocycles. The van der Waals surface area contributed by atoms with E-state index in [9.17, 15) is 26.4 Å². The smallest absolute Gasteiger partial charge is 0.393 e. The summed E-state index contributed by atoms with van der Waals surface area (Å²) in [6.45, 7) is 2.52. The Morgan fingerprint density at radius 2 is 1.76 bits per heavy atom. The largest absolute Gasteiger partial charge is 0.473 e. The van der Waals surface area contributed by atoms with Crippen molar-refractivity contribution in [3.05, 3.63) is 95.6 Å². The van der Waals surface area contributed by atoms with Gasteiger partial charge in [-0.15, -0.1) is 5.10 Å². The van der Waals surface area contributed by atoms with Gasteiger partial charge in [0.05, 0.1) is 22.2 Å².